The second-order valence-corrected chi connectivity index (χ2v) is 9.53. The zero-order chi connectivity index (χ0) is 29.8. The van der Waals surface area contributed by atoms with Gasteiger partial charge in [-0.15, -0.1) is 0 Å². The molecule has 3 aromatic rings. The molecule has 0 spiro atoms. The fourth-order valence-corrected chi connectivity index (χ4v) is 4.10. The van der Waals surface area contributed by atoms with Gasteiger partial charge in [-0.25, -0.2) is 0 Å². The number of rotatable bonds is 8. The minimum atomic E-state index is -1.30. The topological polar surface area (TPSA) is 151 Å². The zero-order valence-corrected chi connectivity index (χ0v) is 22.6. The summed E-state index contributed by atoms with van der Waals surface area (Å²) in [6.07, 6.45) is 0.0141. The summed E-state index contributed by atoms with van der Waals surface area (Å²) in [7, 11) is 3.14. The quantitative estimate of drug-likeness (QED) is 0.272. The molecule has 2 aromatic carbocycles. The Kier molecular flexibility index (Phi) is 8.55. The van der Waals surface area contributed by atoms with Crippen LogP contribution >= 0.6 is 0 Å². The Bertz CT molecular complexity index is 1490. The van der Waals surface area contributed by atoms with E-state index in [1.807, 2.05) is 0 Å². The fourth-order valence-electron chi connectivity index (χ4n) is 4.10. The first-order valence-corrected chi connectivity index (χ1v) is 12.6. The minimum Gasteiger partial charge on any atom is -0.504 e. The van der Waals surface area contributed by atoms with Crippen LogP contribution in [0.15, 0.2) is 42.5 Å². The number of likely N-dealkylation sites (tertiary alicyclic amines) is 1. The van der Waals surface area contributed by atoms with Crippen LogP contribution in [0.1, 0.15) is 35.7 Å². The number of amidine groups is 1. The van der Waals surface area contributed by atoms with Crippen LogP contribution in [0.4, 0.5) is 8.78 Å². The first-order chi connectivity index (χ1) is 19.4. The molecular formula is C28H29F2N5O6. The van der Waals surface area contributed by atoms with Crippen LogP contribution < -0.4 is 19.9 Å². The van der Waals surface area contributed by atoms with Gasteiger partial charge >= 0.3 is 0 Å². The average Bonchev–Trinajstić information content (AvgIpc) is 2.94. The molecule has 11 nitrogen and oxygen atoms in total. The maximum Gasteiger partial charge on any atom is 0.263 e. The van der Waals surface area contributed by atoms with Crippen LogP contribution in [0, 0.1) is 17.0 Å². The van der Waals surface area contributed by atoms with Crippen molar-refractivity contribution in [2.24, 2.45) is 5.73 Å². The van der Waals surface area contributed by atoms with E-state index in [9.17, 15) is 14.7 Å². The predicted molar refractivity (Wildman–Crippen MR) is 144 cm³/mol. The maximum absolute atomic E-state index is 15.7. The summed E-state index contributed by atoms with van der Waals surface area (Å²) in [5, 5.41) is 17.9. The van der Waals surface area contributed by atoms with E-state index in [0.717, 1.165) is 0 Å². The molecule has 0 unspecified atom stereocenters. The smallest absolute Gasteiger partial charge is 0.263 e. The molecule has 1 aromatic heterocycles. The van der Waals surface area contributed by atoms with Crippen molar-refractivity contribution >= 4 is 17.6 Å². The van der Waals surface area contributed by atoms with Crippen LogP contribution in [-0.2, 0) is 4.79 Å². The van der Waals surface area contributed by atoms with Gasteiger partial charge in [-0.1, -0.05) is 6.07 Å². The number of piperidine rings is 1. The SMILES string of the molecule is CC(=O)N1CCC(Oc2c(F)c(Oc3cccc(C(=O)N(C)C)c3)nc(Oc3cc(C(=N)N)ccc3O)c2F)CC1. The summed E-state index contributed by atoms with van der Waals surface area (Å²) >= 11 is 0. The number of ether oxygens (including phenoxy) is 3. The Labute approximate surface area is 234 Å². The van der Waals surface area contributed by atoms with E-state index in [1.54, 1.807) is 25.1 Å². The van der Waals surface area contributed by atoms with Gasteiger partial charge in [-0.3, -0.25) is 15.0 Å². The van der Waals surface area contributed by atoms with E-state index in [1.165, 1.54) is 48.2 Å². The number of hydrogen-bond donors (Lipinski definition) is 3. The number of carbonyl (C=O) groups is 2. The molecule has 2 amide bonds. The van der Waals surface area contributed by atoms with E-state index < -0.39 is 41.0 Å². The third-order valence-corrected chi connectivity index (χ3v) is 6.33. The molecule has 1 aliphatic rings. The highest BCUT2D eigenvalue weighted by molar-refractivity contribution is 5.95. The van der Waals surface area contributed by atoms with Crippen LogP contribution in [-0.4, -0.2) is 70.8 Å². The van der Waals surface area contributed by atoms with Crippen molar-refractivity contribution in [1.82, 2.24) is 14.8 Å². The van der Waals surface area contributed by atoms with Crippen molar-refractivity contribution in [3.05, 3.63) is 65.2 Å². The zero-order valence-electron chi connectivity index (χ0n) is 22.6. The number of pyridine rings is 1. The number of hydrogen-bond acceptors (Lipinski definition) is 8. The number of aromatic nitrogens is 1. The first-order valence-electron chi connectivity index (χ1n) is 12.6. The molecule has 0 atom stereocenters. The van der Waals surface area contributed by atoms with Crippen molar-refractivity contribution in [1.29, 1.82) is 5.41 Å². The van der Waals surface area contributed by atoms with Crippen molar-refractivity contribution in [2.45, 2.75) is 25.9 Å². The Hall–Kier alpha value is -4.94. The van der Waals surface area contributed by atoms with Gasteiger partial charge in [-0.2, -0.15) is 13.8 Å². The van der Waals surface area contributed by atoms with Gasteiger partial charge in [0.05, 0.1) is 0 Å². The number of nitrogens with one attached hydrogen (secondary N) is 1. The van der Waals surface area contributed by atoms with Crippen LogP contribution in [0.2, 0.25) is 0 Å². The van der Waals surface area contributed by atoms with Crippen molar-refractivity contribution < 1.29 is 37.7 Å². The maximum atomic E-state index is 15.7. The number of nitrogens with zero attached hydrogens (tertiary/aromatic N) is 3. The molecule has 41 heavy (non-hydrogen) atoms. The normalized spacial score (nSPS) is 13.4. The lowest BCUT2D eigenvalue weighted by molar-refractivity contribution is -0.130. The molecule has 0 bridgehead atoms. The third kappa shape index (κ3) is 6.62. The molecule has 1 aliphatic heterocycles. The number of nitrogen functional groups attached to an aromatic ring is 1. The molecule has 0 aliphatic carbocycles. The molecular weight excluding hydrogens is 540 g/mol. The summed E-state index contributed by atoms with van der Waals surface area (Å²) in [6.45, 7) is 2.13. The second-order valence-electron chi connectivity index (χ2n) is 9.53. The summed E-state index contributed by atoms with van der Waals surface area (Å²) in [5.41, 5.74) is 5.94. The Morgan fingerprint density at radius 2 is 1.71 bits per heavy atom. The number of phenols is 1. The standard InChI is InChI=1S/C28H29F2N5O6/c1-15(36)35-11-9-18(10-12-35)39-24-22(29)26(40-19-6-4-5-17(13-19)28(38)34(2)3)33-27(23(24)30)41-21-14-16(25(31)32)7-8-20(21)37/h4-8,13-14,18,37H,9-12H2,1-3H3,(H3,31,32). The molecule has 1 fully saturated rings. The molecule has 4 rings (SSSR count). The van der Waals surface area contributed by atoms with Crippen LogP contribution in [0.3, 0.4) is 0 Å². The second kappa shape index (κ2) is 12.1. The Morgan fingerprint density at radius 3 is 2.32 bits per heavy atom. The largest absolute Gasteiger partial charge is 0.504 e. The Morgan fingerprint density at radius 1 is 1.05 bits per heavy atom. The number of benzene rings is 2. The van der Waals surface area contributed by atoms with E-state index in [0.29, 0.717) is 25.9 Å². The summed E-state index contributed by atoms with van der Waals surface area (Å²) < 4.78 is 48.2. The number of carbonyl (C=O) groups excluding carboxylic acids is 2. The van der Waals surface area contributed by atoms with Crippen molar-refractivity contribution in [3.63, 3.8) is 0 Å². The summed E-state index contributed by atoms with van der Waals surface area (Å²) in [6, 6.07) is 9.64. The van der Waals surface area contributed by atoms with Gasteiger partial charge in [0.1, 0.15) is 17.7 Å². The fraction of sp³-hybridized carbons (Fsp3) is 0.286. The highest BCUT2D eigenvalue weighted by Gasteiger charge is 2.30. The monoisotopic (exact) mass is 569 g/mol. The van der Waals surface area contributed by atoms with Crippen LogP contribution in [0.5, 0.6) is 34.8 Å². The Balaban J connectivity index is 1.73. The van der Waals surface area contributed by atoms with Gasteiger partial charge in [0.15, 0.2) is 11.5 Å². The van der Waals surface area contributed by atoms with Gasteiger partial charge < -0.3 is 34.9 Å². The van der Waals surface area contributed by atoms with Gasteiger partial charge in [0.2, 0.25) is 23.3 Å². The van der Waals surface area contributed by atoms with E-state index in [4.69, 9.17) is 25.4 Å². The molecule has 0 saturated carbocycles. The molecule has 216 valence electrons. The lowest BCUT2D eigenvalue weighted by atomic mass is 10.1. The highest BCUT2D eigenvalue weighted by Crippen LogP contribution is 2.40. The van der Waals surface area contributed by atoms with E-state index in [2.05, 4.69) is 4.98 Å². The van der Waals surface area contributed by atoms with Gasteiger partial charge in [0.25, 0.3) is 17.7 Å². The number of nitrogens with two attached hydrogens (primary N) is 1. The summed E-state index contributed by atoms with van der Waals surface area (Å²) in [4.78, 5) is 30.9. The predicted octanol–water partition coefficient (Wildman–Crippen LogP) is 4.03. The molecule has 1 saturated heterocycles. The van der Waals surface area contributed by atoms with Crippen LogP contribution in [0.25, 0.3) is 0 Å². The lowest BCUT2D eigenvalue weighted by Gasteiger charge is -2.31. The highest BCUT2D eigenvalue weighted by atomic mass is 19.1. The molecule has 4 N–H and O–H groups in total. The number of aromatic hydroxyl groups is 1. The average molecular weight is 570 g/mol. The first kappa shape index (κ1) is 29.1. The van der Waals surface area contributed by atoms with Gasteiger partial charge in [-0.05, 0) is 36.4 Å². The van der Waals surface area contributed by atoms with E-state index >= 15 is 8.78 Å². The molecule has 2 heterocycles. The number of phenolic OH excluding ortho intramolecular Hbond substituents is 1. The van der Waals surface area contributed by atoms with Crippen molar-refractivity contribution in [3.8, 4) is 34.8 Å². The lowest BCUT2D eigenvalue weighted by Crippen LogP contribution is -2.40. The summed E-state index contributed by atoms with van der Waals surface area (Å²) in [5.74, 6) is -6.34. The van der Waals surface area contributed by atoms with E-state index in [-0.39, 0.29) is 40.3 Å². The minimum absolute atomic E-state index is 0.0313. The van der Waals surface area contributed by atoms with Gasteiger partial charge in [0, 0.05) is 58.1 Å². The molecule has 13 heteroatoms. The number of halogens is 2. The third-order valence-electron chi connectivity index (χ3n) is 6.33. The number of amides is 2. The molecule has 0 radical (unpaired) electrons. The van der Waals surface area contributed by atoms with Crippen molar-refractivity contribution in [2.75, 3.05) is 27.2 Å².